The van der Waals surface area contributed by atoms with Gasteiger partial charge in [-0.3, -0.25) is 10.0 Å². The number of benzene rings is 2. The van der Waals surface area contributed by atoms with Crippen LogP contribution in [0, 0.1) is 5.21 Å². The second-order valence-electron chi connectivity index (χ2n) is 5.74. The predicted octanol–water partition coefficient (Wildman–Crippen LogP) is 4.55. The second kappa shape index (κ2) is 8.22. The van der Waals surface area contributed by atoms with Gasteiger partial charge >= 0.3 is 0 Å². The van der Waals surface area contributed by atoms with Crippen molar-refractivity contribution in [1.29, 1.82) is 0 Å². The van der Waals surface area contributed by atoms with Crippen LogP contribution in [0.4, 0.5) is 5.69 Å². The van der Waals surface area contributed by atoms with Crippen molar-refractivity contribution in [2.75, 3.05) is 19.4 Å². The van der Waals surface area contributed by atoms with Gasteiger partial charge in [0.05, 0.1) is 19.9 Å². The first kappa shape index (κ1) is 18.9. The highest BCUT2D eigenvalue weighted by Crippen LogP contribution is 2.40. The Morgan fingerprint density at radius 3 is 2.41 bits per heavy atom. The summed E-state index contributed by atoms with van der Waals surface area (Å²) in [6.45, 7) is 0. The lowest BCUT2D eigenvalue weighted by Gasteiger charge is -2.21. The van der Waals surface area contributed by atoms with Gasteiger partial charge < -0.3 is 19.9 Å². The fourth-order valence-corrected chi connectivity index (χ4v) is 3.60. The molecule has 0 radical (unpaired) electrons. The van der Waals surface area contributed by atoms with Crippen LogP contribution in [-0.2, 0) is 6.42 Å². The number of rotatable bonds is 7. The van der Waals surface area contributed by atoms with E-state index in [2.05, 4.69) is 0 Å². The van der Waals surface area contributed by atoms with Crippen LogP contribution in [0.25, 0.3) is 10.4 Å². The summed E-state index contributed by atoms with van der Waals surface area (Å²) in [7, 11) is 3.04. The third-order valence-electron chi connectivity index (χ3n) is 4.13. The maximum absolute atomic E-state index is 13.0. The third kappa shape index (κ3) is 3.95. The molecule has 1 aromatic heterocycles. The average molecular weight is 384 g/mol. The number of nitrogens with zero attached hydrogens (tertiary/aromatic N) is 1. The zero-order chi connectivity index (χ0) is 19.4. The van der Waals surface area contributed by atoms with Gasteiger partial charge in [-0.05, 0) is 41.3 Å². The summed E-state index contributed by atoms with van der Waals surface area (Å²) in [6.07, 6.45) is 0.102. The highest BCUT2D eigenvalue weighted by atomic mass is 32.1. The van der Waals surface area contributed by atoms with E-state index in [4.69, 9.17) is 14.7 Å². The van der Waals surface area contributed by atoms with Gasteiger partial charge in [0.25, 0.3) is 0 Å². The van der Waals surface area contributed by atoms with Gasteiger partial charge in [0.1, 0.15) is 17.1 Å². The Balaban J connectivity index is 1.98. The monoisotopic (exact) mass is 384 g/mol. The van der Waals surface area contributed by atoms with Gasteiger partial charge in [-0.2, -0.15) is 0 Å². The summed E-state index contributed by atoms with van der Waals surface area (Å²) in [5.74, 6) is 0.743. The molecule has 7 heteroatoms. The maximum atomic E-state index is 13.0. The van der Waals surface area contributed by atoms with E-state index in [1.54, 1.807) is 29.5 Å². The summed E-state index contributed by atoms with van der Waals surface area (Å²) in [5, 5.41) is 21.5. The Kier molecular flexibility index (Phi) is 5.75. The molecule has 0 bridgehead atoms. The largest absolute Gasteiger partial charge is 0.733 e. The molecule has 0 aliphatic carbocycles. The first-order valence-corrected chi connectivity index (χ1v) is 9.00. The van der Waals surface area contributed by atoms with Crippen LogP contribution in [0.2, 0.25) is 0 Å². The van der Waals surface area contributed by atoms with Crippen molar-refractivity contribution in [1.82, 2.24) is 0 Å². The predicted molar refractivity (Wildman–Crippen MR) is 105 cm³/mol. The summed E-state index contributed by atoms with van der Waals surface area (Å²) < 4.78 is 11.0. The van der Waals surface area contributed by atoms with Crippen molar-refractivity contribution in [3.63, 3.8) is 0 Å². The first-order valence-electron chi connectivity index (χ1n) is 8.12. The molecule has 0 aliphatic heterocycles. The molecule has 0 amide bonds. The zero-order valence-electron chi connectivity index (χ0n) is 14.8. The lowest BCUT2D eigenvalue weighted by Crippen LogP contribution is -2.10. The van der Waals surface area contributed by atoms with Crippen molar-refractivity contribution in [3.05, 3.63) is 70.2 Å². The number of anilines is 1. The van der Waals surface area contributed by atoms with Crippen molar-refractivity contribution in [2.24, 2.45) is 0 Å². The minimum absolute atomic E-state index is 0.0982. The van der Waals surface area contributed by atoms with E-state index in [-0.39, 0.29) is 23.1 Å². The summed E-state index contributed by atoms with van der Waals surface area (Å²) in [5.41, 5.74) is 2.01. The van der Waals surface area contributed by atoms with Gasteiger partial charge in [-0.1, -0.05) is 18.2 Å². The van der Waals surface area contributed by atoms with Crippen molar-refractivity contribution < 1.29 is 19.5 Å². The van der Waals surface area contributed by atoms with E-state index in [1.165, 1.54) is 26.4 Å². The molecular weight excluding hydrogens is 366 g/mol. The Bertz CT molecular complexity index is 920. The highest BCUT2D eigenvalue weighted by Gasteiger charge is 2.22. The molecule has 0 spiro atoms. The molecular formula is C20H18NO5S-. The van der Waals surface area contributed by atoms with Crippen LogP contribution in [0.3, 0.4) is 0 Å². The van der Waals surface area contributed by atoms with Gasteiger partial charge in [0.15, 0.2) is 5.78 Å². The molecule has 3 rings (SSSR count). The smallest absolute Gasteiger partial charge is 0.174 e. The maximum Gasteiger partial charge on any atom is 0.174 e. The van der Waals surface area contributed by atoms with E-state index in [0.717, 1.165) is 10.4 Å². The van der Waals surface area contributed by atoms with Crippen LogP contribution >= 0.6 is 11.3 Å². The van der Waals surface area contributed by atoms with E-state index >= 15 is 0 Å². The van der Waals surface area contributed by atoms with E-state index < -0.39 is 0 Å². The lowest BCUT2D eigenvalue weighted by molar-refractivity contribution is 0.0987. The van der Waals surface area contributed by atoms with Gasteiger partial charge in [0, 0.05) is 16.9 Å². The standard InChI is InChI=1S/C20H18NO5S/c1-25-17-10-9-15(18-4-3-11-27-18)20(26-2)19(17)16(22)12-13-5-7-14(8-6-13)21(23)24/h3-11,23H,12H2,1-2H3/q-1. The zero-order valence-corrected chi connectivity index (χ0v) is 15.7. The Morgan fingerprint density at radius 1 is 1.11 bits per heavy atom. The molecule has 2 aromatic carbocycles. The molecule has 0 atom stereocenters. The molecule has 1 heterocycles. The summed E-state index contributed by atoms with van der Waals surface area (Å²) in [4.78, 5) is 14.0. The molecule has 0 saturated heterocycles. The van der Waals surface area contributed by atoms with E-state index in [1.807, 2.05) is 23.6 Å². The molecule has 3 aromatic rings. The first-order chi connectivity index (χ1) is 13.0. The Morgan fingerprint density at radius 2 is 1.85 bits per heavy atom. The average Bonchev–Trinajstić information content (AvgIpc) is 3.21. The van der Waals surface area contributed by atoms with E-state index in [0.29, 0.717) is 22.6 Å². The number of thiophene rings is 1. The number of methoxy groups -OCH3 is 2. The van der Waals surface area contributed by atoms with Crippen molar-refractivity contribution in [3.8, 4) is 21.9 Å². The normalized spacial score (nSPS) is 10.5. The summed E-state index contributed by atoms with van der Waals surface area (Å²) >= 11 is 1.56. The Labute approximate surface area is 160 Å². The number of ether oxygens (including phenoxy) is 2. The fraction of sp³-hybridized carbons (Fsp3) is 0.150. The number of ketones is 1. The van der Waals surface area contributed by atoms with Crippen LogP contribution in [0.15, 0.2) is 53.9 Å². The topological polar surface area (TPSA) is 82.1 Å². The fourth-order valence-electron chi connectivity index (χ4n) is 2.85. The highest BCUT2D eigenvalue weighted by molar-refractivity contribution is 7.13. The molecule has 0 fully saturated rings. The molecule has 0 saturated carbocycles. The van der Waals surface area contributed by atoms with Gasteiger partial charge in [0.2, 0.25) is 0 Å². The van der Waals surface area contributed by atoms with Gasteiger partial charge in [-0.15, -0.1) is 11.3 Å². The number of hydrogen-bond donors (Lipinski definition) is 1. The molecule has 0 aliphatic rings. The number of hydrogen-bond acceptors (Lipinski definition) is 7. The minimum atomic E-state index is -0.220. The molecule has 0 unspecified atom stereocenters. The quantitative estimate of drug-likeness (QED) is 0.475. The molecule has 27 heavy (non-hydrogen) atoms. The van der Waals surface area contributed by atoms with Crippen molar-refractivity contribution >= 4 is 22.8 Å². The minimum Gasteiger partial charge on any atom is -0.733 e. The van der Waals surface area contributed by atoms with Crippen LogP contribution in [0.5, 0.6) is 11.5 Å². The summed E-state index contributed by atoms with van der Waals surface area (Å²) in [6, 6.07) is 13.7. The van der Waals surface area contributed by atoms with E-state index in [9.17, 15) is 10.0 Å². The van der Waals surface area contributed by atoms with Crippen LogP contribution < -0.4 is 14.7 Å². The van der Waals surface area contributed by atoms with Gasteiger partial charge in [-0.25, -0.2) is 0 Å². The number of carbonyl (C=O) groups is 1. The molecule has 6 nitrogen and oxygen atoms in total. The number of Topliss-reactive ketones (excluding diaryl/α,β-unsaturated/α-hetero) is 1. The van der Waals surface area contributed by atoms with Crippen LogP contribution in [-0.4, -0.2) is 25.2 Å². The third-order valence-corrected chi connectivity index (χ3v) is 5.03. The number of carbonyl (C=O) groups excluding carboxylic acids is 1. The van der Waals surface area contributed by atoms with Crippen LogP contribution in [0.1, 0.15) is 15.9 Å². The SMILES string of the molecule is COc1ccc(-c2cccs2)c(OC)c1C(=O)Cc1ccc(N([O-])O)cc1. The Hall–Kier alpha value is -2.87. The second-order valence-corrected chi connectivity index (χ2v) is 6.69. The lowest BCUT2D eigenvalue weighted by atomic mass is 9.98. The molecule has 140 valence electrons. The van der Waals surface area contributed by atoms with Crippen molar-refractivity contribution in [2.45, 2.75) is 6.42 Å². The molecule has 1 N–H and O–H groups in total.